The molecule has 0 saturated carbocycles. The third-order valence-corrected chi connectivity index (χ3v) is 5.56. The van der Waals surface area contributed by atoms with Crippen LogP contribution in [0.25, 0.3) is 11.3 Å². The summed E-state index contributed by atoms with van der Waals surface area (Å²) < 4.78 is 1.86. The number of carbonyl (C=O) groups excluding carboxylic acids is 1. The van der Waals surface area contributed by atoms with Gasteiger partial charge >= 0.3 is 0 Å². The number of benzene rings is 1. The Kier molecular flexibility index (Phi) is 7.82. The zero-order valence-corrected chi connectivity index (χ0v) is 18.4. The molecule has 28 heavy (non-hydrogen) atoms. The van der Waals surface area contributed by atoms with Gasteiger partial charge in [-0.3, -0.25) is 4.79 Å². The fourth-order valence-corrected chi connectivity index (χ4v) is 3.54. The van der Waals surface area contributed by atoms with Crippen molar-refractivity contribution in [2.24, 2.45) is 11.8 Å². The fourth-order valence-electron chi connectivity index (χ4n) is 3.41. The van der Waals surface area contributed by atoms with E-state index in [2.05, 4.69) is 39.4 Å². The summed E-state index contributed by atoms with van der Waals surface area (Å²) in [7, 11) is 0. The van der Waals surface area contributed by atoms with Gasteiger partial charge in [-0.25, -0.2) is 4.68 Å². The van der Waals surface area contributed by atoms with E-state index in [4.69, 9.17) is 11.6 Å². The van der Waals surface area contributed by atoms with Crippen LogP contribution in [0.5, 0.6) is 0 Å². The normalized spacial score (nSPS) is 13.0. The average molecular weight is 399 g/mol. The first-order chi connectivity index (χ1) is 13.3. The molecule has 0 bridgehead atoms. The monoisotopic (exact) mass is 398 g/mol. The van der Waals surface area contributed by atoms with Gasteiger partial charge < -0.3 is 0 Å². The first-order valence-corrected chi connectivity index (χ1v) is 10.4. The maximum atomic E-state index is 13.4. The molecule has 0 aliphatic carbocycles. The number of ketones is 1. The maximum Gasteiger partial charge on any atom is 0.166 e. The molecule has 0 N–H and O–H groups in total. The van der Waals surface area contributed by atoms with Crippen molar-refractivity contribution in [3.8, 4) is 5.69 Å². The molecule has 1 unspecified atom stereocenters. The first-order valence-electron chi connectivity index (χ1n) is 10.0. The van der Waals surface area contributed by atoms with Crippen LogP contribution in [0.2, 0.25) is 5.02 Å². The molecule has 0 spiro atoms. The Morgan fingerprint density at radius 1 is 1.25 bits per heavy atom. The van der Waals surface area contributed by atoms with E-state index < -0.39 is 0 Å². The maximum absolute atomic E-state index is 13.4. The van der Waals surface area contributed by atoms with Crippen molar-refractivity contribution < 1.29 is 4.79 Å². The zero-order chi connectivity index (χ0) is 20.8. The van der Waals surface area contributed by atoms with Crippen molar-refractivity contribution >= 4 is 23.0 Å². The van der Waals surface area contributed by atoms with Gasteiger partial charge in [0.1, 0.15) is 0 Å². The average Bonchev–Trinajstić information content (AvgIpc) is 3.04. The molecular formula is C24H31ClN2O. The van der Waals surface area contributed by atoms with Crippen LogP contribution in [-0.4, -0.2) is 15.6 Å². The second kappa shape index (κ2) is 9.88. The van der Waals surface area contributed by atoms with E-state index in [0.29, 0.717) is 17.4 Å². The molecule has 0 saturated heterocycles. The van der Waals surface area contributed by atoms with Crippen molar-refractivity contribution in [2.75, 3.05) is 0 Å². The fraction of sp³-hybridized carbons (Fsp3) is 0.417. The highest BCUT2D eigenvalue weighted by Gasteiger charge is 2.26. The molecule has 0 radical (unpaired) electrons. The zero-order valence-electron chi connectivity index (χ0n) is 17.6. The number of hydrogen-bond donors (Lipinski definition) is 0. The summed E-state index contributed by atoms with van der Waals surface area (Å²) in [6.45, 7) is 14.5. The van der Waals surface area contributed by atoms with Crippen molar-refractivity contribution in [1.82, 2.24) is 9.78 Å². The van der Waals surface area contributed by atoms with Gasteiger partial charge in [0.15, 0.2) is 5.78 Å². The molecule has 0 aliphatic rings. The lowest BCUT2D eigenvalue weighted by atomic mass is 9.83. The van der Waals surface area contributed by atoms with Crippen molar-refractivity contribution in [3.63, 3.8) is 0 Å². The van der Waals surface area contributed by atoms with Crippen LogP contribution in [0.4, 0.5) is 0 Å². The SMILES string of the molecule is C=C(CC)CC=C(C(=O)C(CC)C(C)C)c1cnn(-c2ccc(Cl)cc2)c1C. The standard InChI is InChI=1S/C24H31ClN2O/c1-7-17(5)9-14-22(24(28)21(8-2)16(3)4)23-15-26-27(18(23)6)20-12-10-19(25)11-13-20/h10-16,21H,5,7-9H2,1-4,6H3. The molecule has 1 heterocycles. The van der Waals surface area contributed by atoms with Gasteiger partial charge in [0.2, 0.25) is 0 Å². The van der Waals surface area contributed by atoms with E-state index >= 15 is 0 Å². The number of Topliss-reactive ketones (excluding diaryl/α,β-unsaturated/α-hetero) is 1. The lowest BCUT2D eigenvalue weighted by molar-refractivity contribution is -0.118. The van der Waals surface area contributed by atoms with Gasteiger partial charge in [-0.15, -0.1) is 0 Å². The summed E-state index contributed by atoms with van der Waals surface area (Å²) in [5, 5.41) is 5.24. The Morgan fingerprint density at radius 3 is 2.43 bits per heavy atom. The Labute approximate surface area is 174 Å². The lowest BCUT2D eigenvalue weighted by Crippen LogP contribution is -2.21. The highest BCUT2D eigenvalue weighted by molar-refractivity contribution is 6.30. The van der Waals surface area contributed by atoms with E-state index in [-0.39, 0.29) is 11.7 Å². The molecule has 1 aromatic heterocycles. The molecule has 3 nitrogen and oxygen atoms in total. The molecule has 2 rings (SSSR count). The van der Waals surface area contributed by atoms with Crippen LogP contribution in [0, 0.1) is 18.8 Å². The van der Waals surface area contributed by atoms with E-state index in [9.17, 15) is 4.79 Å². The summed E-state index contributed by atoms with van der Waals surface area (Å²) >= 11 is 6.01. The van der Waals surface area contributed by atoms with Crippen LogP contribution in [0.3, 0.4) is 0 Å². The number of nitrogens with zero attached hydrogens (tertiary/aromatic N) is 2. The highest BCUT2D eigenvalue weighted by Crippen LogP contribution is 2.30. The molecule has 150 valence electrons. The van der Waals surface area contributed by atoms with Crippen LogP contribution in [-0.2, 0) is 4.79 Å². The van der Waals surface area contributed by atoms with Gasteiger partial charge in [0.25, 0.3) is 0 Å². The van der Waals surface area contributed by atoms with Crippen LogP contribution < -0.4 is 0 Å². The molecule has 1 atom stereocenters. The summed E-state index contributed by atoms with van der Waals surface area (Å²) in [6.07, 6.45) is 6.28. The minimum Gasteiger partial charge on any atom is -0.294 e. The first kappa shape index (κ1) is 22.2. The number of rotatable bonds is 9. The van der Waals surface area contributed by atoms with Crippen LogP contribution in [0.1, 0.15) is 58.2 Å². The van der Waals surface area contributed by atoms with Gasteiger partial charge in [-0.05, 0) is 56.4 Å². The third-order valence-electron chi connectivity index (χ3n) is 5.31. The van der Waals surface area contributed by atoms with Gasteiger partial charge in [-0.2, -0.15) is 5.10 Å². The molecule has 1 aromatic carbocycles. The third kappa shape index (κ3) is 5.02. The predicted molar refractivity (Wildman–Crippen MR) is 119 cm³/mol. The number of hydrogen-bond acceptors (Lipinski definition) is 2. The number of halogens is 1. The molecular weight excluding hydrogens is 368 g/mol. The quantitative estimate of drug-likeness (QED) is 0.343. The van der Waals surface area contributed by atoms with Crippen molar-refractivity contribution in [1.29, 1.82) is 0 Å². The second-order valence-electron chi connectivity index (χ2n) is 7.58. The lowest BCUT2D eigenvalue weighted by Gasteiger charge is -2.20. The number of aromatic nitrogens is 2. The van der Waals surface area contributed by atoms with Gasteiger partial charge in [-0.1, -0.05) is 57.5 Å². The van der Waals surface area contributed by atoms with Crippen molar-refractivity contribution in [3.05, 3.63) is 65.0 Å². The Hall–Kier alpha value is -2.13. The van der Waals surface area contributed by atoms with Crippen molar-refractivity contribution in [2.45, 2.75) is 53.9 Å². The number of allylic oxidation sites excluding steroid dienone is 3. The topological polar surface area (TPSA) is 34.9 Å². The minimum absolute atomic E-state index is 0.000534. The van der Waals surface area contributed by atoms with Crippen LogP contribution in [0.15, 0.2) is 48.7 Å². The van der Waals surface area contributed by atoms with E-state index in [1.807, 2.05) is 41.9 Å². The summed E-state index contributed by atoms with van der Waals surface area (Å²) in [6, 6.07) is 7.55. The van der Waals surface area contributed by atoms with Crippen LogP contribution >= 0.6 is 11.6 Å². The molecule has 4 heteroatoms. The summed E-state index contributed by atoms with van der Waals surface area (Å²) in [5.74, 6) is 0.487. The van der Waals surface area contributed by atoms with Gasteiger partial charge in [0, 0.05) is 27.8 Å². The molecule has 0 amide bonds. The Morgan fingerprint density at radius 2 is 1.89 bits per heavy atom. The molecule has 0 aliphatic heterocycles. The largest absolute Gasteiger partial charge is 0.294 e. The predicted octanol–water partition coefficient (Wildman–Crippen LogP) is 6.83. The summed E-state index contributed by atoms with van der Waals surface area (Å²) in [4.78, 5) is 13.4. The van der Waals surface area contributed by atoms with E-state index in [0.717, 1.165) is 40.9 Å². The van der Waals surface area contributed by atoms with E-state index in [1.165, 1.54) is 0 Å². The Bertz CT molecular complexity index is 859. The smallest absolute Gasteiger partial charge is 0.166 e. The Balaban J connectivity index is 2.50. The van der Waals surface area contributed by atoms with Gasteiger partial charge in [0.05, 0.1) is 11.9 Å². The van der Waals surface area contributed by atoms with E-state index in [1.54, 1.807) is 6.20 Å². The second-order valence-corrected chi connectivity index (χ2v) is 8.02. The number of carbonyl (C=O) groups is 1. The highest BCUT2D eigenvalue weighted by atomic mass is 35.5. The summed E-state index contributed by atoms with van der Waals surface area (Å²) in [5.41, 5.74) is 4.64. The minimum atomic E-state index is -0.000534. The molecule has 0 fully saturated rings. The molecule has 2 aromatic rings.